The van der Waals surface area contributed by atoms with Crippen molar-refractivity contribution >= 4 is 5.78 Å². The molecule has 0 amide bonds. The van der Waals surface area contributed by atoms with Crippen LogP contribution in [-0.2, 0) is 4.79 Å². The first-order valence-corrected chi connectivity index (χ1v) is 11.6. The van der Waals surface area contributed by atoms with Gasteiger partial charge < -0.3 is 5.11 Å². The van der Waals surface area contributed by atoms with Gasteiger partial charge in [0.1, 0.15) is 5.78 Å². The Balaban J connectivity index is 1.54. The van der Waals surface area contributed by atoms with Crippen molar-refractivity contribution in [1.29, 1.82) is 0 Å². The standard InChI is InChI=1S/C25H40O2/c1-5-6-12-25(27)15-14-23(3)18(16-25)7-8-19-21-10-9-20(17(2)26)24(21,4)13-11-22(19)23/h5,18-22,27H,1,6-16H2,2-4H3/t18?,19-,20+,21-,22-,23-,24+,25?/m0/s1. The molecule has 4 fully saturated rings. The first kappa shape index (κ1) is 19.7. The second-order valence-corrected chi connectivity index (χ2v) is 11.2. The Morgan fingerprint density at radius 3 is 2.48 bits per heavy atom. The van der Waals surface area contributed by atoms with Crippen molar-refractivity contribution in [2.45, 2.75) is 97.0 Å². The highest BCUT2D eigenvalue weighted by molar-refractivity contribution is 5.79. The first-order valence-electron chi connectivity index (χ1n) is 11.6. The second kappa shape index (κ2) is 6.71. The van der Waals surface area contributed by atoms with E-state index in [0.717, 1.165) is 49.9 Å². The second-order valence-electron chi connectivity index (χ2n) is 11.2. The fraction of sp³-hybridized carbons (Fsp3) is 0.880. The van der Waals surface area contributed by atoms with Crippen LogP contribution >= 0.6 is 0 Å². The Bertz CT molecular complexity index is 611. The van der Waals surface area contributed by atoms with E-state index in [9.17, 15) is 9.90 Å². The van der Waals surface area contributed by atoms with Gasteiger partial charge in [0.25, 0.3) is 0 Å². The van der Waals surface area contributed by atoms with Crippen LogP contribution in [0.2, 0.25) is 0 Å². The van der Waals surface area contributed by atoms with Crippen LogP contribution in [0.4, 0.5) is 0 Å². The number of ketones is 1. The summed E-state index contributed by atoms with van der Waals surface area (Å²) in [4.78, 5) is 12.3. The summed E-state index contributed by atoms with van der Waals surface area (Å²) in [6.07, 6.45) is 14.5. The molecule has 0 aromatic rings. The number of hydrogen-bond donors (Lipinski definition) is 1. The van der Waals surface area contributed by atoms with Crippen molar-refractivity contribution in [2.75, 3.05) is 0 Å². The lowest BCUT2D eigenvalue weighted by Crippen LogP contribution is -2.56. The van der Waals surface area contributed by atoms with Crippen molar-refractivity contribution in [2.24, 2.45) is 40.4 Å². The Morgan fingerprint density at radius 2 is 1.78 bits per heavy atom. The maximum absolute atomic E-state index is 12.3. The summed E-state index contributed by atoms with van der Waals surface area (Å²) in [5, 5.41) is 11.2. The van der Waals surface area contributed by atoms with E-state index in [0.29, 0.717) is 23.0 Å². The number of rotatable bonds is 4. The van der Waals surface area contributed by atoms with Gasteiger partial charge in [-0.25, -0.2) is 0 Å². The molecule has 2 heteroatoms. The summed E-state index contributed by atoms with van der Waals surface area (Å²) in [7, 11) is 0. The van der Waals surface area contributed by atoms with Crippen LogP contribution in [0.15, 0.2) is 12.7 Å². The van der Waals surface area contributed by atoms with Crippen molar-refractivity contribution in [3.8, 4) is 0 Å². The third kappa shape index (κ3) is 2.96. The molecule has 4 aliphatic carbocycles. The quantitative estimate of drug-likeness (QED) is 0.621. The number of allylic oxidation sites excluding steroid dienone is 1. The lowest BCUT2D eigenvalue weighted by molar-refractivity contribution is -0.154. The summed E-state index contributed by atoms with van der Waals surface area (Å²) < 4.78 is 0. The van der Waals surface area contributed by atoms with Gasteiger partial charge in [0, 0.05) is 5.92 Å². The lowest BCUT2D eigenvalue weighted by Gasteiger charge is -2.62. The lowest BCUT2D eigenvalue weighted by atomic mass is 9.43. The highest BCUT2D eigenvalue weighted by Gasteiger charge is 2.61. The molecule has 0 bridgehead atoms. The number of fused-ring (bicyclic) bond motifs is 5. The average Bonchev–Trinajstić information content (AvgIpc) is 2.98. The topological polar surface area (TPSA) is 37.3 Å². The number of hydrogen-bond acceptors (Lipinski definition) is 2. The average molecular weight is 373 g/mol. The monoisotopic (exact) mass is 372 g/mol. The molecular weight excluding hydrogens is 332 g/mol. The van der Waals surface area contributed by atoms with Gasteiger partial charge in [-0.3, -0.25) is 4.79 Å². The summed E-state index contributed by atoms with van der Waals surface area (Å²) in [5.41, 5.74) is 0.204. The van der Waals surface area contributed by atoms with E-state index >= 15 is 0 Å². The predicted octanol–water partition coefficient (Wildman–Crippen LogP) is 5.93. The van der Waals surface area contributed by atoms with Crippen molar-refractivity contribution in [1.82, 2.24) is 0 Å². The molecular formula is C25H40O2. The smallest absolute Gasteiger partial charge is 0.133 e. The molecule has 152 valence electrons. The number of aliphatic hydroxyl groups is 1. The largest absolute Gasteiger partial charge is 0.390 e. The molecule has 0 aromatic carbocycles. The van der Waals surface area contributed by atoms with Crippen molar-refractivity contribution in [3.05, 3.63) is 12.7 Å². The molecule has 0 saturated heterocycles. The van der Waals surface area contributed by atoms with E-state index in [1.165, 1.54) is 38.5 Å². The van der Waals surface area contributed by atoms with E-state index in [2.05, 4.69) is 20.4 Å². The molecule has 0 heterocycles. The van der Waals surface area contributed by atoms with Crippen LogP contribution in [0.3, 0.4) is 0 Å². The predicted molar refractivity (Wildman–Crippen MR) is 110 cm³/mol. The minimum Gasteiger partial charge on any atom is -0.390 e. The summed E-state index contributed by atoms with van der Waals surface area (Å²) in [5.74, 6) is 3.80. The van der Waals surface area contributed by atoms with Crippen LogP contribution in [0.5, 0.6) is 0 Å². The van der Waals surface area contributed by atoms with Crippen LogP contribution in [-0.4, -0.2) is 16.5 Å². The summed E-state index contributed by atoms with van der Waals surface area (Å²) >= 11 is 0. The molecule has 0 spiro atoms. The molecule has 4 aliphatic rings. The molecule has 2 nitrogen and oxygen atoms in total. The Kier molecular flexibility index (Phi) is 4.89. The Labute approximate surface area is 166 Å². The maximum atomic E-state index is 12.3. The fourth-order valence-corrected chi connectivity index (χ4v) is 8.59. The third-order valence-corrected chi connectivity index (χ3v) is 10.1. The summed E-state index contributed by atoms with van der Waals surface area (Å²) in [6.45, 7) is 10.7. The summed E-state index contributed by atoms with van der Waals surface area (Å²) in [6, 6.07) is 0. The van der Waals surface area contributed by atoms with Gasteiger partial charge in [0.2, 0.25) is 0 Å². The van der Waals surface area contributed by atoms with Crippen LogP contribution < -0.4 is 0 Å². The zero-order valence-electron chi connectivity index (χ0n) is 17.8. The first-order chi connectivity index (χ1) is 12.7. The third-order valence-electron chi connectivity index (χ3n) is 10.1. The number of carbonyl (C=O) groups is 1. The molecule has 2 unspecified atom stereocenters. The molecule has 27 heavy (non-hydrogen) atoms. The zero-order chi connectivity index (χ0) is 19.4. The fourth-order valence-electron chi connectivity index (χ4n) is 8.59. The van der Waals surface area contributed by atoms with Gasteiger partial charge >= 0.3 is 0 Å². The zero-order valence-corrected chi connectivity index (χ0v) is 17.8. The number of Topliss-reactive ketones (excluding diaryl/α,β-unsaturated/α-hetero) is 1. The Hall–Kier alpha value is -0.630. The molecule has 4 rings (SSSR count). The van der Waals surface area contributed by atoms with E-state index in [1.54, 1.807) is 0 Å². The van der Waals surface area contributed by atoms with E-state index in [1.807, 2.05) is 13.0 Å². The highest BCUT2D eigenvalue weighted by atomic mass is 16.3. The normalized spacial score (nSPS) is 51.8. The van der Waals surface area contributed by atoms with Crippen molar-refractivity contribution in [3.63, 3.8) is 0 Å². The van der Waals surface area contributed by atoms with Crippen molar-refractivity contribution < 1.29 is 9.90 Å². The molecule has 0 radical (unpaired) electrons. The van der Waals surface area contributed by atoms with Gasteiger partial charge in [-0.05, 0) is 112 Å². The van der Waals surface area contributed by atoms with E-state index in [4.69, 9.17) is 0 Å². The maximum Gasteiger partial charge on any atom is 0.133 e. The van der Waals surface area contributed by atoms with E-state index in [-0.39, 0.29) is 5.41 Å². The number of carbonyl (C=O) groups excluding carboxylic acids is 1. The van der Waals surface area contributed by atoms with Gasteiger partial charge in [-0.15, -0.1) is 6.58 Å². The van der Waals surface area contributed by atoms with Gasteiger partial charge in [0.05, 0.1) is 5.60 Å². The van der Waals surface area contributed by atoms with Gasteiger partial charge in [-0.1, -0.05) is 19.9 Å². The molecule has 8 atom stereocenters. The molecule has 1 N–H and O–H groups in total. The van der Waals surface area contributed by atoms with Crippen LogP contribution in [0.25, 0.3) is 0 Å². The highest BCUT2D eigenvalue weighted by Crippen LogP contribution is 2.68. The Morgan fingerprint density at radius 1 is 1.04 bits per heavy atom. The van der Waals surface area contributed by atoms with Gasteiger partial charge in [-0.2, -0.15) is 0 Å². The SMILES string of the molecule is C=CCCC1(O)CC[C@@]2(C)C(CC[C@H]3[C@@H]4CC[C@H](C(C)=O)[C@@]4(C)CC[C@@H]32)C1. The minimum atomic E-state index is -0.457. The van der Waals surface area contributed by atoms with Gasteiger partial charge in [0.15, 0.2) is 0 Å². The minimum absolute atomic E-state index is 0.259. The van der Waals surface area contributed by atoms with E-state index < -0.39 is 5.60 Å². The molecule has 0 aliphatic heterocycles. The van der Waals surface area contributed by atoms with Crippen LogP contribution in [0.1, 0.15) is 91.4 Å². The van der Waals surface area contributed by atoms with Crippen LogP contribution in [0, 0.1) is 40.4 Å². The molecule has 0 aromatic heterocycles. The molecule has 4 saturated carbocycles.